The normalized spacial score (nSPS) is 14.5. The molecule has 0 aliphatic rings. The molecule has 1 aromatic rings. The number of rotatable bonds is 2. The maximum Gasteiger partial charge on any atom is 0.434 e. The van der Waals surface area contributed by atoms with Crippen molar-refractivity contribution in [3.05, 3.63) is 35.1 Å². The first-order valence-electron chi connectivity index (χ1n) is 4.49. The van der Waals surface area contributed by atoms with Crippen molar-refractivity contribution >= 4 is 23.0 Å². The van der Waals surface area contributed by atoms with E-state index >= 15 is 0 Å². The maximum atomic E-state index is 12.5. The van der Waals surface area contributed by atoms with Crippen molar-refractivity contribution < 1.29 is 13.2 Å². The second-order valence-electron chi connectivity index (χ2n) is 3.01. The number of alkyl halides is 3. The second kappa shape index (κ2) is 5.18. The number of nitrogens with two attached hydrogens (primary N) is 1. The lowest BCUT2D eigenvalue weighted by atomic mass is 10.2. The van der Waals surface area contributed by atoms with E-state index in [2.05, 4.69) is 9.98 Å². The van der Waals surface area contributed by atoms with E-state index < -0.39 is 16.9 Å². The molecule has 1 rings (SSSR count). The zero-order chi connectivity index (χ0) is 13.1. The van der Waals surface area contributed by atoms with Crippen molar-refractivity contribution in [3.8, 4) is 0 Å². The number of hydrogen-bond acceptors (Lipinski definition) is 3. The first-order chi connectivity index (χ1) is 7.88. The summed E-state index contributed by atoms with van der Waals surface area (Å²) in [5.74, 6) is 0. The van der Waals surface area contributed by atoms with Gasteiger partial charge >= 0.3 is 6.18 Å². The van der Waals surface area contributed by atoms with Crippen molar-refractivity contribution in [2.24, 2.45) is 10.7 Å². The number of nitrogens with zero attached hydrogens (tertiary/aromatic N) is 2. The summed E-state index contributed by atoms with van der Waals surface area (Å²) in [5.41, 5.74) is 4.21. The van der Waals surface area contributed by atoms with Crippen molar-refractivity contribution in [1.29, 1.82) is 0 Å². The number of aliphatic imine (C=N–C) groups is 1. The minimum absolute atomic E-state index is 0.169. The van der Waals surface area contributed by atoms with Crippen molar-refractivity contribution in [1.82, 2.24) is 4.98 Å². The Bertz CT molecular complexity index is 452. The van der Waals surface area contributed by atoms with E-state index in [0.29, 0.717) is 0 Å². The highest BCUT2D eigenvalue weighted by molar-refractivity contribution is 6.47. The van der Waals surface area contributed by atoms with Crippen molar-refractivity contribution in [2.45, 2.75) is 6.18 Å². The van der Waals surface area contributed by atoms with Crippen LogP contribution in [-0.4, -0.2) is 23.9 Å². The molecule has 0 aromatic carbocycles. The quantitative estimate of drug-likeness (QED) is 0.834. The van der Waals surface area contributed by atoms with Crippen LogP contribution in [0.25, 0.3) is 5.70 Å². The summed E-state index contributed by atoms with van der Waals surface area (Å²) < 4.78 is 37.6. The van der Waals surface area contributed by atoms with Gasteiger partial charge in [-0.1, -0.05) is 17.7 Å². The molecule has 0 aliphatic carbocycles. The van der Waals surface area contributed by atoms with Gasteiger partial charge in [0, 0.05) is 13.2 Å². The van der Waals surface area contributed by atoms with Gasteiger partial charge < -0.3 is 5.73 Å². The summed E-state index contributed by atoms with van der Waals surface area (Å²) in [6.45, 7) is 0. The molecule has 92 valence electrons. The van der Waals surface area contributed by atoms with E-state index in [4.69, 9.17) is 17.3 Å². The van der Waals surface area contributed by atoms with Gasteiger partial charge in [0.05, 0.1) is 16.4 Å². The second-order valence-corrected chi connectivity index (χ2v) is 3.39. The van der Waals surface area contributed by atoms with E-state index in [0.717, 1.165) is 7.05 Å². The summed E-state index contributed by atoms with van der Waals surface area (Å²) >= 11 is 5.58. The van der Waals surface area contributed by atoms with Gasteiger partial charge in [-0.05, 0) is 12.1 Å². The van der Waals surface area contributed by atoms with E-state index in [1.165, 1.54) is 12.3 Å². The molecule has 2 N–H and O–H groups in total. The van der Waals surface area contributed by atoms with Crippen LogP contribution >= 0.6 is 11.6 Å². The summed E-state index contributed by atoms with van der Waals surface area (Å²) in [4.78, 5) is 6.91. The highest BCUT2D eigenvalue weighted by Crippen LogP contribution is 2.27. The van der Waals surface area contributed by atoms with Crippen LogP contribution in [0.1, 0.15) is 5.69 Å². The van der Waals surface area contributed by atoms with Gasteiger partial charge in [-0.3, -0.25) is 9.98 Å². The van der Waals surface area contributed by atoms with E-state index in [1.54, 1.807) is 12.1 Å². The highest BCUT2D eigenvalue weighted by Gasteiger charge is 2.38. The first kappa shape index (κ1) is 13.5. The molecule has 0 saturated carbocycles. The molecule has 0 bridgehead atoms. The Balaban J connectivity index is 3.23. The largest absolute Gasteiger partial charge is 0.434 e. The van der Waals surface area contributed by atoms with Gasteiger partial charge in [0.2, 0.25) is 0 Å². The van der Waals surface area contributed by atoms with Crippen LogP contribution in [0.4, 0.5) is 13.2 Å². The van der Waals surface area contributed by atoms with Gasteiger partial charge in [-0.2, -0.15) is 13.2 Å². The maximum absolute atomic E-state index is 12.5. The Kier molecular flexibility index (Phi) is 4.11. The molecule has 1 aromatic heterocycles. The Morgan fingerprint density at radius 2 is 2.06 bits per heavy atom. The molecular weight excluding hydrogens is 255 g/mol. The SMILES string of the molecule is CN=C(C(Cl)=C(N)c1ccccn1)C(F)(F)F. The molecule has 0 spiro atoms. The lowest BCUT2D eigenvalue weighted by Crippen LogP contribution is -2.25. The number of allylic oxidation sites excluding steroid dienone is 1. The lowest BCUT2D eigenvalue weighted by molar-refractivity contribution is -0.0579. The van der Waals surface area contributed by atoms with Crippen LogP contribution in [0.3, 0.4) is 0 Å². The van der Waals surface area contributed by atoms with E-state index in [9.17, 15) is 13.2 Å². The fraction of sp³-hybridized carbons (Fsp3) is 0.200. The number of hydrogen-bond donors (Lipinski definition) is 1. The number of aromatic nitrogens is 1. The number of pyridine rings is 1. The predicted octanol–water partition coefficient (Wildman–Crippen LogP) is 2.58. The average molecular weight is 264 g/mol. The molecule has 7 heteroatoms. The van der Waals surface area contributed by atoms with E-state index in [-0.39, 0.29) is 11.4 Å². The predicted molar refractivity (Wildman–Crippen MR) is 60.6 cm³/mol. The molecule has 0 fully saturated rings. The molecule has 1 heterocycles. The standard InChI is InChI=1S/C10H9ClF3N3/c1-16-9(10(12,13)14)7(11)8(15)6-4-2-3-5-17-6/h2-5H,15H2,1H3. The third-order valence-electron chi connectivity index (χ3n) is 1.88. The fourth-order valence-electron chi connectivity index (χ4n) is 1.11. The van der Waals surface area contributed by atoms with Gasteiger partial charge in [-0.15, -0.1) is 0 Å². The highest BCUT2D eigenvalue weighted by atomic mass is 35.5. The van der Waals surface area contributed by atoms with Crippen molar-refractivity contribution in [2.75, 3.05) is 7.05 Å². The Morgan fingerprint density at radius 1 is 1.41 bits per heavy atom. The van der Waals surface area contributed by atoms with Crippen LogP contribution in [-0.2, 0) is 0 Å². The van der Waals surface area contributed by atoms with Crippen LogP contribution < -0.4 is 5.73 Å². The zero-order valence-corrected chi connectivity index (χ0v) is 9.55. The first-order valence-corrected chi connectivity index (χ1v) is 4.86. The summed E-state index contributed by atoms with van der Waals surface area (Å²) in [5, 5.41) is -0.654. The molecule has 0 amide bonds. The molecule has 0 radical (unpaired) electrons. The molecule has 3 nitrogen and oxygen atoms in total. The Hall–Kier alpha value is -1.56. The average Bonchev–Trinajstić information content (AvgIpc) is 2.28. The Labute approximate surface area is 101 Å². The van der Waals surface area contributed by atoms with Gasteiger partial charge in [-0.25, -0.2) is 0 Å². The van der Waals surface area contributed by atoms with Gasteiger partial charge in [0.1, 0.15) is 0 Å². The summed E-state index contributed by atoms with van der Waals surface area (Å²) in [6.07, 6.45) is -3.24. The van der Waals surface area contributed by atoms with Crippen LogP contribution in [0.2, 0.25) is 0 Å². The molecule has 0 aliphatic heterocycles. The summed E-state index contributed by atoms with van der Waals surface area (Å²) in [7, 11) is 0.997. The lowest BCUT2D eigenvalue weighted by Gasteiger charge is -2.11. The van der Waals surface area contributed by atoms with Crippen LogP contribution in [0, 0.1) is 0 Å². The summed E-state index contributed by atoms with van der Waals surface area (Å²) in [6, 6.07) is 4.67. The topological polar surface area (TPSA) is 51.3 Å². The van der Waals surface area contributed by atoms with E-state index in [1.807, 2.05) is 0 Å². The van der Waals surface area contributed by atoms with Crippen LogP contribution in [0.5, 0.6) is 0 Å². The third-order valence-corrected chi connectivity index (χ3v) is 2.26. The molecule has 0 saturated heterocycles. The van der Waals surface area contributed by atoms with Gasteiger partial charge in [0.25, 0.3) is 0 Å². The fourth-order valence-corrected chi connectivity index (χ4v) is 1.40. The minimum atomic E-state index is -4.65. The third kappa shape index (κ3) is 3.20. The molecule has 17 heavy (non-hydrogen) atoms. The zero-order valence-electron chi connectivity index (χ0n) is 8.79. The Morgan fingerprint density at radius 3 is 2.47 bits per heavy atom. The van der Waals surface area contributed by atoms with Crippen molar-refractivity contribution in [3.63, 3.8) is 0 Å². The van der Waals surface area contributed by atoms with Gasteiger partial charge in [0.15, 0.2) is 5.71 Å². The molecular formula is C10H9ClF3N3. The molecule has 0 unspecified atom stereocenters. The molecule has 0 atom stereocenters. The smallest absolute Gasteiger partial charge is 0.396 e. The van der Waals surface area contributed by atoms with Crippen LogP contribution in [0.15, 0.2) is 34.4 Å². The number of halogens is 4. The monoisotopic (exact) mass is 263 g/mol. The minimum Gasteiger partial charge on any atom is -0.396 e.